The number of aromatic nitrogens is 3. The fourth-order valence-corrected chi connectivity index (χ4v) is 4.07. The summed E-state index contributed by atoms with van der Waals surface area (Å²) in [5, 5.41) is 14.4. The Morgan fingerprint density at radius 1 is 1.26 bits per heavy atom. The molecule has 6 nitrogen and oxygen atoms in total. The number of hydrogen-bond acceptors (Lipinski definition) is 5. The molecule has 3 N–H and O–H groups in total. The third-order valence-corrected chi connectivity index (χ3v) is 5.49. The minimum Gasteiger partial charge on any atom is -0.394 e. The van der Waals surface area contributed by atoms with Crippen LogP contribution in [0, 0.1) is 6.92 Å². The van der Waals surface area contributed by atoms with E-state index in [9.17, 15) is 5.11 Å². The first-order valence-electron chi connectivity index (χ1n) is 9.76. The number of aromatic amines is 1. The zero-order valence-electron chi connectivity index (χ0n) is 15.8. The highest BCUT2D eigenvalue weighted by atomic mass is 16.3. The molecule has 1 aliphatic rings. The molecule has 3 heterocycles. The largest absolute Gasteiger partial charge is 0.394 e. The molecule has 1 unspecified atom stereocenters. The summed E-state index contributed by atoms with van der Waals surface area (Å²) in [5.41, 5.74) is 3.76. The van der Waals surface area contributed by atoms with Gasteiger partial charge >= 0.3 is 0 Å². The van der Waals surface area contributed by atoms with E-state index in [0.717, 1.165) is 44.0 Å². The smallest absolute Gasteiger partial charge is 0.134 e. The molecular weight excluding hydrogens is 338 g/mol. The van der Waals surface area contributed by atoms with Gasteiger partial charge in [-0.15, -0.1) is 0 Å². The van der Waals surface area contributed by atoms with Gasteiger partial charge in [0.15, 0.2) is 0 Å². The number of nitrogens with one attached hydrogen (secondary N) is 2. The van der Waals surface area contributed by atoms with Gasteiger partial charge in [-0.05, 0) is 44.2 Å². The number of aryl methyl sites for hydroxylation is 1. The Labute approximate surface area is 159 Å². The van der Waals surface area contributed by atoms with Crippen LogP contribution in [0.3, 0.4) is 0 Å². The monoisotopic (exact) mass is 365 g/mol. The molecule has 0 radical (unpaired) electrons. The molecule has 0 aliphatic carbocycles. The topological polar surface area (TPSA) is 77.1 Å². The minimum absolute atomic E-state index is 0.162. The number of hydrogen-bond donors (Lipinski definition) is 3. The zero-order valence-corrected chi connectivity index (χ0v) is 15.8. The summed E-state index contributed by atoms with van der Waals surface area (Å²) in [7, 11) is 0. The van der Waals surface area contributed by atoms with E-state index >= 15 is 0 Å². The highest BCUT2D eigenvalue weighted by Gasteiger charge is 2.23. The number of aliphatic hydroxyl groups is 1. The molecule has 0 spiro atoms. The number of rotatable bonds is 6. The lowest BCUT2D eigenvalue weighted by atomic mass is 10.0. The number of para-hydroxylation sites is 1. The molecule has 1 saturated heterocycles. The van der Waals surface area contributed by atoms with Gasteiger partial charge in [-0.25, -0.2) is 9.97 Å². The van der Waals surface area contributed by atoms with Crippen molar-refractivity contribution in [1.29, 1.82) is 0 Å². The van der Waals surface area contributed by atoms with E-state index in [1.54, 1.807) is 6.33 Å². The maximum absolute atomic E-state index is 9.65. The SMILES string of the molecule is Cc1[nH]c2ccccc2c1CCNc1cc(N2CCCCC2CO)ncn1. The van der Waals surface area contributed by atoms with Crippen LogP contribution in [0.2, 0.25) is 0 Å². The summed E-state index contributed by atoms with van der Waals surface area (Å²) < 4.78 is 0. The number of piperidine rings is 1. The Balaban J connectivity index is 1.43. The van der Waals surface area contributed by atoms with Gasteiger partial charge in [-0.1, -0.05) is 18.2 Å². The molecule has 0 saturated carbocycles. The summed E-state index contributed by atoms with van der Waals surface area (Å²) in [6.07, 6.45) is 5.86. The molecule has 142 valence electrons. The molecule has 27 heavy (non-hydrogen) atoms. The maximum atomic E-state index is 9.65. The van der Waals surface area contributed by atoms with Crippen LogP contribution in [0.4, 0.5) is 11.6 Å². The molecular formula is C21H27N5O. The quantitative estimate of drug-likeness (QED) is 0.625. The van der Waals surface area contributed by atoms with Crippen molar-refractivity contribution in [2.45, 2.75) is 38.6 Å². The number of nitrogens with zero attached hydrogens (tertiary/aromatic N) is 3. The highest BCUT2D eigenvalue weighted by Crippen LogP contribution is 2.25. The first kappa shape index (κ1) is 17.8. The summed E-state index contributed by atoms with van der Waals surface area (Å²) in [6.45, 7) is 4.05. The lowest BCUT2D eigenvalue weighted by molar-refractivity contribution is 0.239. The predicted octanol–water partition coefficient (Wildman–Crippen LogP) is 3.27. The van der Waals surface area contributed by atoms with Crippen LogP contribution in [0.15, 0.2) is 36.7 Å². The Bertz CT molecular complexity index is 906. The first-order valence-corrected chi connectivity index (χ1v) is 9.76. The van der Waals surface area contributed by atoms with Crippen molar-refractivity contribution >= 4 is 22.5 Å². The minimum atomic E-state index is 0.162. The Hall–Kier alpha value is -2.60. The van der Waals surface area contributed by atoms with Crippen molar-refractivity contribution in [2.24, 2.45) is 0 Å². The molecule has 0 amide bonds. The van der Waals surface area contributed by atoms with Crippen LogP contribution < -0.4 is 10.2 Å². The van der Waals surface area contributed by atoms with Gasteiger partial charge in [-0.3, -0.25) is 0 Å². The van der Waals surface area contributed by atoms with Gasteiger partial charge in [0.05, 0.1) is 12.6 Å². The summed E-state index contributed by atoms with van der Waals surface area (Å²) in [6, 6.07) is 10.6. The number of fused-ring (bicyclic) bond motifs is 1. The number of aliphatic hydroxyl groups excluding tert-OH is 1. The fourth-order valence-electron chi connectivity index (χ4n) is 4.07. The van der Waals surface area contributed by atoms with Gasteiger partial charge < -0.3 is 20.3 Å². The maximum Gasteiger partial charge on any atom is 0.134 e. The normalized spacial score (nSPS) is 17.4. The molecule has 1 fully saturated rings. The second kappa shape index (κ2) is 7.96. The summed E-state index contributed by atoms with van der Waals surface area (Å²) >= 11 is 0. The van der Waals surface area contributed by atoms with Crippen molar-refractivity contribution in [3.8, 4) is 0 Å². The lowest BCUT2D eigenvalue weighted by Crippen LogP contribution is -2.42. The van der Waals surface area contributed by atoms with Gasteiger partial charge in [0.2, 0.25) is 0 Å². The third-order valence-electron chi connectivity index (χ3n) is 5.49. The Morgan fingerprint density at radius 3 is 3.04 bits per heavy atom. The van der Waals surface area contributed by atoms with Crippen molar-refractivity contribution in [2.75, 3.05) is 29.9 Å². The molecule has 2 aromatic heterocycles. The third kappa shape index (κ3) is 3.76. The average Bonchev–Trinajstić information content (AvgIpc) is 3.03. The van der Waals surface area contributed by atoms with E-state index in [0.29, 0.717) is 0 Å². The predicted molar refractivity (Wildman–Crippen MR) is 109 cm³/mol. The molecule has 3 aromatic rings. The molecule has 1 aliphatic heterocycles. The lowest BCUT2D eigenvalue weighted by Gasteiger charge is -2.35. The average molecular weight is 365 g/mol. The van der Waals surface area contributed by atoms with Crippen LogP contribution in [0.25, 0.3) is 10.9 Å². The zero-order chi connectivity index (χ0) is 18.6. The van der Waals surface area contributed by atoms with Gasteiger partial charge in [-0.2, -0.15) is 0 Å². The van der Waals surface area contributed by atoms with E-state index in [4.69, 9.17) is 0 Å². The number of anilines is 2. The second-order valence-corrected chi connectivity index (χ2v) is 7.24. The standard InChI is InChI=1S/C21H27N5O/c1-15-17(18-7-2-3-8-19(18)25-15)9-10-22-20-12-21(24-14-23-20)26-11-5-4-6-16(26)13-27/h2-3,7-8,12,14,16,25,27H,4-6,9-11,13H2,1H3,(H,22,23,24). The van der Waals surface area contributed by atoms with E-state index in [2.05, 4.69) is 56.4 Å². The fraction of sp³-hybridized carbons (Fsp3) is 0.429. The van der Waals surface area contributed by atoms with E-state index < -0.39 is 0 Å². The Kier molecular flexibility index (Phi) is 5.25. The van der Waals surface area contributed by atoms with Crippen LogP contribution in [-0.2, 0) is 6.42 Å². The Morgan fingerprint density at radius 2 is 2.15 bits per heavy atom. The van der Waals surface area contributed by atoms with Crippen molar-refractivity contribution in [3.63, 3.8) is 0 Å². The number of benzene rings is 1. The molecule has 4 rings (SSSR count). The van der Waals surface area contributed by atoms with Crippen LogP contribution in [0.5, 0.6) is 0 Å². The summed E-state index contributed by atoms with van der Waals surface area (Å²) in [4.78, 5) is 14.5. The van der Waals surface area contributed by atoms with Gasteiger partial charge in [0.25, 0.3) is 0 Å². The molecule has 0 bridgehead atoms. The van der Waals surface area contributed by atoms with Gasteiger partial charge in [0, 0.05) is 35.8 Å². The first-order chi connectivity index (χ1) is 13.3. The van der Waals surface area contributed by atoms with Crippen LogP contribution >= 0.6 is 0 Å². The van der Waals surface area contributed by atoms with Crippen LogP contribution in [0.1, 0.15) is 30.5 Å². The van der Waals surface area contributed by atoms with Crippen molar-refractivity contribution < 1.29 is 5.11 Å². The van der Waals surface area contributed by atoms with Gasteiger partial charge in [0.1, 0.15) is 18.0 Å². The highest BCUT2D eigenvalue weighted by molar-refractivity contribution is 5.84. The summed E-state index contributed by atoms with van der Waals surface area (Å²) in [5.74, 6) is 1.73. The van der Waals surface area contributed by atoms with Crippen molar-refractivity contribution in [1.82, 2.24) is 15.0 Å². The molecule has 1 aromatic carbocycles. The van der Waals surface area contributed by atoms with E-state index in [1.807, 2.05) is 6.07 Å². The van der Waals surface area contributed by atoms with E-state index in [-0.39, 0.29) is 12.6 Å². The van der Waals surface area contributed by atoms with E-state index in [1.165, 1.54) is 28.6 Å². The molecule has 1 atom stereocenters. The second-order valence-electron chi connectivity index (χ2n) is 7.24. The van der Waals surface area contributed by atoms with Crippen LogP contribution in [-0.4, -0.2) is 45.8 Å². The molecule has 6 heteroatoms. The number of H-pyrrole nitrogens is 1. The van der Waals surface area contributed by atoms with Crippen molar-refractivity contribution in [3.05, 3.63) is 47.9 Å².